The molecule has 1 rings (SSSR count). The summed E-state index contributed by atoms with van der Waals surface area (Å²) in [7, 11) is 0. The third kappa shape index (κ3) is 5.38. The molecule has 2 N–H and O–H groups in total. The van der Waals surface area contributed by atoms with Crippen LogP contribution < -0.4 is 10.5 Å². The lowest BCUT2D eigenvalue weighted by Crippen LogP contribution is -2.28. The Balaban J connectivity index is 2.28. The SMILES string of the molecule is CC(C)CCC(N)COc1cccc(Cl)c1. The average Bonchev–Trinajstić information content (AvgIpc) is 2.23. The highest BCUT2D eigenvalue weighted by molar-refractivity contribution is 6.30. The van der Waals surface area contributed by atoms with Gasteiger partial charge in [-0.1, -0.05) is 31.5 Å². The predicted molar refractivity (Wildman–Crippen MR) is 69.0 cm³/mol. The van der Waals surface area contributed by atoms with E-state index in [1.807, 2.05) is 18.2 Å². The van der Waals surface area contributed by atoms with E-state index in [1.54, 1.807) is 6.07 Å². The summed E-state index contributed by atoms with van der Waals surface area (Å²) in [5, 5.41) is 0.688. The smallest absolute Gasteiger partial charge is 0.120 e. The fourth-order valence-electron chi connectivity index (χ4n) is 1.39. The van der Waals surface area contributed by atoms with Crippen LogP contribution in [0.4, 0.5) is 0 Å². The number of benzene rings is 1. The van der Waals surface area contributed by atoms with Crippen LogP contribution in [0, 0.1) is 5.92 Å². The van der Waals surface area contributed by atoms with E-state index < -0.39 is 0 Å². The van der Waals surface area contributed by atoms with Gasteiger partial charge in [-0.2, -0.15) is 0 Å². The highest BCUT2D eigenvalue weighted by Crippen LogP contribution is 2.17. The molecule has 0 radical (unpaired) electrons. The van der Waals surface area contributed by atoms with Gasteiger partial charge in [0.1, 0.15) is 12.4 Å². The van der Waals surface area contributed by atoms with Crippen LogP contribution in [-0.4, -0.2) is 12.6 Å². The third-order valence-electron chi connectivity index (χ3n) is 2.37. The fraction of sp³-hybridized carbons (Fsp3) is 0.538. The van der Waals surface area contributed by atoms with Crippen molar-refractivity contribution in [2.45, 2.75) is 32.7 Å². The second kappa shape index (κ2) is 6.77. The number of hydrogen-bond donors (Lipinski definition) is 1. The van der Waals surface area contributed by atoms with Gasteiger partial charge in [0.2, 0.25) is 0 Å². The van der Waals surface area contributed by atoms with E-state index in [0.29, 0.717) is 17.5 Å². The van der Waals surface area contributed by atoms with Crippen molar-refractivity contribution < 1.29 is 4.74 Å². The van der Waals surface area contributed by atoms with Gasteiger partial charge in [-0.25, -0.2) is 0 Å². The Labute approximate surface area is 103 Å². The van der Waals surface area contributed by atoms with Gasteiger partial charge in [-0.15, -0.1) is 0 Å². The van der Waals surface area contributed by atoms with Crippen molar-refractivity contribution in [3.8, 4) is 5.75 Å². The molecule has 1 aromatic rings. The summed E-state index contributed by atoms with van der Waals surface area (Å²) in [6.07, 6.45) is 2.14. The van der Waals surface area contributed by atoms with E-state index in [-0.39, 0.29) is 6.04 Å². The first-order chi connectivity index (χ1) is 7.58. The van der Waals surface area contributed by atoms with Crippen molar-refractivity contribution in [2.24, 2.45) is 11.7 Å². The Morgan fingerprint density at radius 1 is 1.31 bits per heavy atom. The molecule has 0 aromatic heterocycles. The Bertz CT molecular complexity index is 315. The molecule has 2 nitrogen and oxygen atoms in total. The van der Waals surface area contributed by atoms with E-state index in [0.717, 1.165) is 18.6 Å². The molecule has 3 heteroatoms. The number of nitrogens with two attached hydrogens (primary N) is 1. The Kier molecular flexibility index (Phi) is 5.64. The molecule has 0 heterocycles. The summed E-state index contributed by atoms with van der Waals surface area (Å²) in [6, 6.07) is 7.49. The van der Waals surface area contributed by atoms with Crippen LogP contribution in [0.2, 0.25) is 5.02 Å². The molecular formula is C13H20ClNO. The van der Waals surface area contributed by atoms with Crippen molar-refractivity contribution >= 4 is 11.6 Å². The van der Waals surface area contributed by atoms with Crippen molar-refractivity contribution in [2.75, 3.05) is 6.61 Å². The number of halogens is 1. The Morgan fingerprint density at radius 3 is 2.69 bits per heavy atom. The maximum atomic E-state index is 5.95. The predicted octanol–water partition coefficient (Wildman–Crippen LogP) is 3.48. The van der Waals surface area contributed by atoms with E-state index in [1.165, 1.54) is 0 Å². The second-order valence-electron chi connectivity index (χ2n) is 4.50. The minimum atomic E-state index is 0.0985. The highest BCUT2D eigenvalue weighted by Gasteiger charge is 2.05. The topological polar surface area (TPSA) is 35.2 Å². The molecule has 1 atom stereocenters. The monoisotopic (exact) mass is 241 g/mol. The van der Waals surface area contributed by atoms with Crippen molar-refractivity contribution in [1.82, 2.24) is 0 Å². The normalized spacial score (nSPS) is 12.8. The standard InChI is InChI=1S/C13H20ClNO/c1-10(2)6-7-12(15)9-16-13-5-3-4-11(14)8-13/h3-5,8,10,12H,6-7,9,15H2,1-2H3. The number of ether oxygens (including phenoxy) is 1. The van der Waals surface area contributed by atoms with Crippen LogP contribution in [-0.2, 0) is 0 Å². The first-order valence-electron chi connectivity index (χ1n) is 5.72. The zero-order valence-electron chi connectivity index (χ0n) is 9.95. The third-order valence-corrected chi connectivity index (χ3v) is 2.61. The molecule has 0 bridgehead atoms. The summed E-state index contributed by atoms with van der Waals surface area (Å²) >= 11 is 5.85. The lowest BCUT2D eigenvalue weighted by atomic mass is 10.0. The van der Waals surface area contributed by atoms with E-state index in [4.69, 9.17) is 22.1 Å². The van der Waals surface area contributed by atoms with Crippen LogP contribution >= 0.6 is 11.6 Å². The first-order valence-corrected chi connectivity index (χ1v) is 6.09. The van der Waals surface area contributed by atoms with E-state index in [2.05, 4.69) is 13.8 Å². The van der Waals surface area contributed by atoms with Crippen molar-refractivity contribution in [3.63, 3.8) is 0 Å². The van der Waals surface area contributed by atoms with Gasteiger partial charge < -0.3 is 10.5 Å². The van der Waals surface area contributed by atoms with Gasteiger partial charge >= 0.3 is 0 Å². The highest BCUT2D eigenvalue weighted by atomic mass is 35.5. The quantitative estimate of drug-likeness (QED) is 0.828. The van der Waals surface area contributed by atoms with Gasteiger partial charge in [-0.05, 0) is 37.0 Å². The molecule has 0 saturated carbocycles. The minimum Gasteiger partial charge on any atom is -0.492 e. The molecular weight excluding hydrogens is 222 g/mol. The summed E-state index contributed by atoms with van der Waals surface area (Å²) in [5.74, 6) is 1.48. The summed E-state index contributed by atoms with van der Waals surface area (Å²) in [5.41, 5.74) is 5.95. The second-order valence-corrected chi connectivity index (χ2v) is 4.94. The lowest BCUT2D eigenvalue weighted by molar-refractivity contribution is 0.276. The number of hydrogen-bond acceptors (Lipinski definition) is 2. The van der Waals surface area contributed by atoms with Crippen molar-refractivity contribution in [3.05, 3.63) is 29.3 Å². The molecule has 0 aliphatic rings. The van der Waals surface area contributed by atoms with Gasteiger partial charge in [0.15, 0.2) is 0 Å². The molecule has 90 valence electrons. The zero-order chi connectivity index (χ0) is 12.0. The molecule has 0 amide bonds. The molecule has 0 saturated heterocycles. The first kappa shape index (κ1) is 13.3. The molecule has 0 aliphatic heterocycles. The lowest BCUT2D eigenvalue weighted by Gasteiger charge is -2.14. The van der Waals surface area contributed by atoms with Gasteiger partial charge in [0.05, 0.1) is 0 Å². The fourth-order valence-corrected chi connectivity index (χ4v) is 1.57. The van der Waals surface area contributed by atoms with Gasteiger partial charge in [-0.3, -0.25) is 0 Å². The van der Waals surface area contributed by atoms with Crippen LogP contribution in [0.15, 0.2) is 24.3 Å². The van der Waals surface area contributed by atoms with E-state index in [9.17, 15) is 0 Å². The van der Waals surface area contributed by atoms with Crippen LogP contribution in [0.5, 0.6) is 5.75 Å². The zero-order valence-corrected chi connectivity index (χ0v) is 10.7. The van der Waals surface area contributed by atoms with E-state index >= 15 is 0 Å². The largest absolute Gasteiger partial charge is 0.492 e. The molecule has 16 heavy (non-hydrogen) atoms. The summed E-state index contributed by atoms with van der Waals surface area (Å²) < 4.78 is 5.57. The average molecular weight is 242 g/mol. The molecule has 0 fully saturated rings. The Hall–Kier alpha value is -0.730. The summed E-state index contributed by atoms with van der Waals surface area (Å²) in [6.45, 7) is 4.95. The maximum Gasteiger partial charge on any atom is 0.120 e. The van der Waals surface area contributed by atoms with Crippen molar-refractivity contribution in [1.29, 1.82) is 0 Å². The molecule has 1 aromatic carbocycles. The number of rotatable bonds is 6. The molecule has 1 unspecified atom stereocenters. The Morgan fingerprint density at radius 2 is 2.06 bits per heavy atom. The maximum absolute atomic E-state index is 5.95. The minimum absolute atomic E-state index is 0.0985. The summed E-state index contributed by atoms with van der Waals surface area (Å²) in [4.78, 5) is 0. The van der Waals surface area contributed by atoms with Gasteiger partial charge in [0, 0.05) is 11.1 Å². The van der Waals surface area contributed by atoms with Crippen LogP contribution in [0.3, 0.4) is 0 Å². The molecule has 0 aliphatic carbocycles. The molecule has 0 spiro atoms. The van der Waals surface area contributed by atoms with Gasteiger partial charge in [0.25, 0.3) is 0 Å². The van der Waals surface area contributed by atoms with Crippen LogP contribution in [0.1, 0.15) is 26.7 Å². The van der Waals surface area contributed by atoms with Crippen LogP contribution in [0.25, 0.3) is 0 Å².